The SMILES string of the molecule is CC(C)CCOc1ccc(-c2nn(-c3ccccc3)cc2/C=c2/sc3nc(-c4ccc(Cl)cc4Cl)nn3c2=O)cc1. The van der Waals surface area contributed by atoms with Crippen molar-refractivity contribution in [2.24, 2.45) is 5.92 Å². The van der Waals surface area contributed by atoms with Crippen LogP contribution in [0.1, 0.15) is 25.8 Å². The maximum Gasteiger partial charge on any atom is 0.291 e. The van der Waals surface area contributed by atoms with Crippen molar-refractivity contribution >= 4 is 45.6 Å². The minimum absolute atomic E-state index is 0.263. The number of fused-ring (bicyclic) bond motifs is 1. The van der Waals surface area contributed by atoms with Gasteiger partial charge in [-0.2, -0.15) is 14.6 Å². The van der Waals surface area contributed by atoms with Gasteiger partial charge in [-0.1, -0.05) is 66.6 Å². The predicted molar refractivity (Wildman–Crippen MR) is 165 cm³/mol. The van der Waals surface area contributed by atoms with E-state index in [-0.39, 0.29) is 5.56 Å². The Balaban J connectivity index is 1.39. The van der Waals surface area contributed by atoms with E-state index < -0.39 is 0 Å². The molecule has 0 spiro atoms. The normalized spacial score (nSPS) is 12.1. The van der Waals surface area contributed by atoms with Gasteiger partial charge in [-0.05, 0) is 73.0 Å². The second-order valence-corrected chi connectivity index (χ2v) is 11.8. The van der Waals surface area contributed by atoms with Crippen molar-refractivity contribution in [3.8, 4) is 34.1 Å². The highest BCUT2D eigenvalue weighted by Crippen LogP contribution is 2.29. The number of hydrogen-bond acceptors (Lipinski definition) is 6. The van der Waals surface area contributed by atoms with Crippen LogP contribution in [0.4, 0.5) is 0 Å². The number of ether oxygens (including phenoxy) is 1. The molecule has 3 aromatic carbocycles. The molecule has 0 amide bonds. The van der Waals surface area contributed by atoms with Crippen molar-refractivity contribution in [3.05, 3.63) is 109 Å². The van der Waals surface area contributed by atoms with Crippen LogP contribution in [0, 0.1) is 5.92 Å². The molecule has 6 aromatic rings. The van der Waals surface area contributed by atoms with Crippen LogP contribution >= 0.6 is 34.5 Å². The molecule has 0 unspecified atom stereocenters. The lowest BCUT2D eigenvalue weighted by Gasteiger charge is -2.08. The zero-order valence-corrected chi connectivity index (χ0v) is 24.6. The van der Waals surface area contributed by atoms with Crippen LogP contribution in [0.25, 0.3) is 39.4 Å². The van der Waals surface area contributed by atoms with Gasteiger partial charge in [-0.25, -0.2) is 4.68 Å². The fraction of sp³-hybridized carbons (Fsp3) is 0.161. The molecule has 0 aliphatic heterocycles. The summed E-state index contributed by atoms with van der Waals surface area (Å²) in [4.78, 5) is 18.4. The third-order valence-corrected chi connectivity index (χ3v) is 8.00. The first kappa shape index (κ1) is 27.2. The van der Waals surface area contributed by atoms with Crippen LogP contribution in [0.5, 0.6) is 5.75 Å². The van der Waals surface area contributed by atoms with Gasteiger partial charge in [-0.3, -0.25) is 4.79 Å². The quantitative estimate of drug-likeness (QED) is 0.189. The van der Waals surface area contributed by atoms with E-state index in [0.717, 1.165) is 34.7 Å². The first-order chi connectivity index (χ1) is 19.9. The third kappa shape index (κ3) is 5.77. The second-order valence-electron chi connectivity index (χ2n) is 9.94. The van der Waals surface area contributed by atoms with Crippen LogP contribution < -0.4 is 14.8 Å². The molecule has 0 saturated carbocycles. The van der Waals surface area contributed by atoms with Crippen molar-refractivity contribution in [2.45, 2.75) is 20.3 Å². The van der Waals surface area contributed by atoms with Gasteiger partial charge in [0.1, 0.15) is 11.4 Å². The summed E-state index contributed by atoms with van der Waals surface area (Å²) < 4.78 is 9.52. The predicted octanol–water partition coefficient (Wildman–Crippen LogP) is 6.95. The average molecular weight is 603 g/mol. The lowest BCUT2D eigenvalue weighted by atomic mass is 10.1. The van der Waals surface area contributed by atoms with Gasteiger partial charge >= 0.3 is 0 Å². The summed E-state index contributed by atoms with van der Waals surface area (Å²) in [6.07, 6.45) is 4.76. The molecular formula is C31H25Cl2N5O2S. The number of benzene rings is 3. The van der Waals surface area contributed by atoms with Gasteiger partial charge in [0.05, 0.1) is 21.8 Å². The highest BCUT2D eigenvalue weighted by atomic mass is 35.5. The number of hydrogen-bond donors (Lipinski definition) is 0. The van der Waals surface area contributed by atoms with Crippen LogP contribution in [0.15, 0.2) is 83.8 Å². The summed E-state index contributed by atoms with van der Waals surface area (Å²) in [6.45, 7) is 5.03. The highest BCUT2D eigenvalue weighted by molar-refractivity contribution is 7.15. The van der Waals surface area contributed by atoms with Gasteiger partial charge in [0.2, 0.25) is 4.96 Å². The van der Waals surface area contributed by atoms with Gasteiger partial charge in [0.15, 0.2) is 5.82 Å². The van der Waals surface area contributed by atoms with E-state index in [4.69, 9.17) is 33.0 Å². The minimum Gasteiger partial charge on any atom is -0.494 e. The topological polar surface area (TPSA) is 74.3 Å². The molecule has 0 aliphatic rings. The molecule has 206 valence electrons. The van der Waals surface area contributed by atoms with Gasteiger partial charge in [0.25, 0.3) is 5.56 Å². The van der Waals surface area contributed by atoms with Gasteiger partial charge in [-0.15, -0.1) is 5.10 Å². The molecule has 0 radical (unpaired) electrons. The zero-order chi connectivity index (χ0) is 28.5. The van der Waals surface area contributed by atoms with E-state index in [0.29, 0.717) is 43.5 Å². The van der Waals surface area contributed by atoms with Crippen LogP contribution in [-0.2, 0) is 0 Å². The van der Waals surface area contributed by atoms with E-state index in [1.165, 1.54) is 15.9 Å². The molecule has 0 saturated heterocycles. The molecule has 0 N–H and O–H groups in total. The van der Waals surface area contributed by atoms with E-state index in [1.807, 2.05) is 71.6 Å². The van der Waals surface area contributed by atoms with E-state index >= 15 is 0 Å². The number of aromatic nitrogens is 5. The monoisotopic (exact) mass is 601 g/mol. The Morgan fingerprint density at radius 3 is 2.49 bits per heavy atom. The highest BCUT2D eigenvalue weighted by Gasteiger charge is 2.16. The molecule has 10 heteroatoms. The fourth-order valence-electron chi connectivity index (χ4n) is 4.31. The van der Waals surface area contributed by atoms with Crippen molar-refractivity contribution in [1.29, 1.82) is 0 Å². The molecule has 7 nitrogen and oxygen atoms in total. The zero-order valence-electron chi connectivity index (χ0n) is 22.3. The summed E-state index contributed by atoms with van der Waals surface area (Å²) in [7, 11) is 0. The van der Waals surface area contributed by atoms with Crippen molar-refractivity contribution in [2.75, 3.05) is 6.61 Å². The molecule has 0 fully saturated rings. The molecule has 3 aromatic heterocycles. The van der Waals surface area contributed by atoms with E-state index in [2.05, 4.69) is 23.9 Å². The number of rotatable bonds is 8. The Kier molecular flexibility index (Phi) is 7.62. The lowest BCUT2D eigenvalue weighted by molar-refractivity contribution is 0.289. The van der Waals surface area contributed by atoms with E-state index in [9.17, 15) is 4.79 Å². The Bertz CT molecular complexity index is 1950. The summed E-state index contributed by atoms with van der Waals surface area (Å²) in [5.41, 5.74) is 3.71. The Morgan fingerprint density at radius 2 is 1.78 bits per heavy atom. The van der Waals surface area contributed by atoms with Crippen LogP contribution in [0.2, 0.25) is 10.0 Å². The smallest absolute Gasteiger partial charge is 0.291 e. The number of para-hydroxylation sites is 1. The molecular weight excluding hydrogens is 577 g/mol. The molecule has 6 rings (SSSR count). The number of halogens is 2. The van der Waals surface area contributed by atoms with E-state index in [1.54, 1.807) is 18.2 Å². The first-order valence-electron chi connectivity index (χ1n) is 13.1. The summed E-state index contributed by atoms with van der Waals surface area (Å²) in [5.74, 6) is 1.76. The summed E-state index contributed by atoms with van der Waals surface area (Å²) in [5, 5.41) is 10.3. The van der Waals surface area contributed by atoms with Crippen LogP contribution in [-0.4, -0.2) is 31.0 Å². The molecule has 0 aliphatic carbocycles. The average Bonchev–Trinajstić information content (AvgIpc) is 3.64. The minimum atomic E-state index is -0.263. The molecule has 41 heavy (non-hydrogen) atoms. The molecule has 0 bridgehead atoms. The van der Waals surface area contributed by atoms with Crippen molar-refractivity contribution in [1.82, 2.24) is 24.4 Å². The van der Waals surface area contributed by atoms with Crippen molar-refractivity contribution < 1.29 is 4.74 Å². The molecule has 3 heterocycles. The largest absolute Gasteiger partial charge is 0.494 e. The Hall–Kier alpha value is -3.98. The van der Waals surface area contributed by atoms with Gasteiger partial charge < -0.3 is 4.74 Å². The van der Waals surface area contributed by atoms with Gasteiger partial charge in [0, 0.05) is 27.9 Å². The number of thiazole rings is 1. The standard InChI is InChI=1S/C31H25Cl2N5O2S/c1-19(2)14-15-40-24-11-8-20(9-12-24)28-21(18-37(35-28)23-6-4-3-5-7-23)16-27-30(39)38-31(41-27)34-29(36-38)25-13-10-22(32)17-26(25)33/h3-13,16-19H,14-15H2,1-2H3/b27-16+. The lowest BCUT2D eigenvalue weighted by Crippen LogP contribution is -2.23. The fourth-order valence-corrected chi connectivity index (χ4v) is 5.70. The third-order valence-electron chi connectivity index (χ3n) is 6.50. The molecule has 0 atom stereocenters. The Morgan fingerprint density at radius 1 is 1.00 bits per heavy atom. The summed E-state index contributed by atoms with van der Waals surface area (Å²) >= 11 is 13.6. The second kappa shape index (κ2) is 11.5. The maximum atomic E-state index is 13.4. The van der Waals surface area contributed by atoms with Crippen LogP contribution in [0.3, 0.4) is 0 Å². The van der Waals surface area contributed by atoms with Crippen molar-refractivity contribution in [3.63, 3.8) is 0 Å². The first-order valence-corrected chi connectivity index (χ1v) is 14.7. The number of nitrogens with zero attached hydrogens (tertiary/aromatic N) is 5. The summed E-state index contributed by atoms with van der Waals surface area (Å²) in [6, 6.07) is 22.8. The maximum absolute atomic E-state index is 13.4. The Labute approximate surface area is 250 Å².